The van der Waals surface area contributed by atoms with Crippen molar-refractivity contribution in [3.8, 4) is 0 Å². The van der Waals surface area contributed by atoms with E-state index in [0.29, 0.717) is 57.0 Å². The minimum absolute atomic E-state index is 0.0562. The fourth-order valence-electron chi connectivity index (χ4n) is 13.2. The molecule has 9 fully saturated rings. The normalized spacial score (nSPS) is 56.9. The maximum absolute atomic E-state index is 6.10. The fourth-order valence-corrected chi connectivity index (χ4v) is 14.5. The van der Waals surface area contributed by atoms with Gasteiger partial charge in [0.05, 0.1) is 86.0 Å². The van der Waals surface area contributed by atoms with Gasteiger partial charge < -0.3 is 28.4 Å². The number of hydrogen-bond acceptors (Lipinski definition) is 14. The van der Waals surface area contributed by atoms with Crippen molar-refractivity contribution < 1.29 is 28.4 Å². The lowest BCUT2D eigenvalue weighted by Gasteiger charge is -2.42. The Morgan fingerprint density at radius 3 is 0.574 bits per heavy atom. The summed E-state index contributed by atoms with van der Waals surface area (Å²) in [5.74, 6) is 3.21. The second-order valence-corrected chi connectivity index (χ2v) is 20.4. The van der Waals surface area contributed by atoms with Crippen LogP contribution in [0.25, 0.3) is 0 Å². The van der Waals surface area contributed by atoms with E-state index in [4.69, 9.17) is 28.4 Å². The van der Waals surface area contributed by atoms with E-state index in [9.17, 15) is 0 Å². The van der Waals surface area contributed by atoms with Crippen LogP contribution in [0.3, 0.4) is 0 Å². The highest BCUT2D eigenvalue weighted by Crippen LogP contribution is 2.48. The maximum atomic E-state index is 6.10. The second kappa shape index (κ2) is 16.5. The molecule has 0 spiro atoms. The van der Waals surface area contributed by atoms with Gasteiger partial charge in [-0.2, -0.15) is 0 Å². The first-order valence-corrected chi connectivity index (χ1v) is 22.6. The number of methoxy groups -OCH3 is 6. The summed E-state index contributed by atoms with van der Waals surface area (Å²) >= 11 is 8.13. The molecule has 5 saturated heterocycles. The predicted molar refractivity (Wildman–Crippen MR) is 210 cm³/mol. The van der Waals surface area contributed by atoms with Gasteiger partial charge in [-0.3, -0.25) is 42.5 Å². The molecule has 54 heavy (non-hydrogen) atoms. The molecule has 8 bridgehead atoms. The molecule has 4 aliphatic carbocycles. The van der Waals surface area contributed by atoms with E-state index in [2.05, 4.69) is 74.4 Å². The highest BCUT2D eigenvalue weighted by molar-refractivity contribution is 9.12. The average Bonchev–Trinajstić information content (AvgIpc) is 3.90. The zero-order valence-electron chi connectivity index (χ0n) is 32.7. The number of halogens is 2. The molecular formula is C38H66Br2N8O6. The van der Waals surface area contributed by atoms with Crippen LogP contribution >= 0.6 is 31.9 Å². The van der Waals surface area contributed by atoms with Crippen LogP contribution in [-0.2, 0) is 28.4 Å². The van der Waals surface area contributed by atoms with Crippen molar-refractivity contribution in [2.75, 3.05) is 42.7 Å². The van der Waals surface area contributed by atoms with Crippen LogP contribution in [0.4, 0.5) is 0 Å². The Hall–Kier alpha value is 0.400. The van der Waals surface area contributed by atoms with Crippen molar-refractivity contribution in [1.29, 1.82) is 0 Å². The molecule has 16 heteroatoms. The van der Waals surface area contributed by atoms with Crippen molar-refractivity contribution in [2.45, 2.75) is 147 Å². The Balaban J connectivity index is 1.08. The number of hydrogen-bond donors (Lipinski definition) is 8. The van der Waals surface area contributed by atoms with Crippen LogP contribution in [0.2, 0.25) is 0 Å². The Labute approximate surface area is 338 Å². The lowest BCUT2D eigenvalue weighted by molar-refractivity contribution is -0.0924. The molecule has 0 aromatic heterocycles. The molecule has 4 saturated carbocycles. The molecule has 0 radical (unpaired) electrons. The van der Waals surface area contributed by atoms with E-state index < -0.39 is 0 Å². The predicted octanol–water partition coefficient (Wildman–Crippen LogP) is 1.10. The summed E-state index contributed by atoms with van der Waals surface area (Å²) in [6.45, 7) is 0. The van der Waals surface area contributed by atoms with E-state index in [1.54, 1.807) is 0 Å². The zero-order valence-corrected chi connectivity index (χ0v) is 35.9. The van der Waals surface area contributed by atoms with Crippen molar-refractivity contribution in [2.24, 2.45) is 47.3 Å². The van der Waals surface area contributed by atoms with Gasteiger partial charge in [0.15, 0.2) is 0 Å². The van der Waals surface area contributed by atoms with E-state index >= 15 is 0 Å². The van der Waals surface area contributed by atoms with Gasteiger partial charge in [0.1, 0.15) is 0 Å². The van der Waals surface area contributed by atoms with Gasteiger partial charge in [0.2, 0.25) is 0 Å². The fraction of sp³-hybridized carbons (Fsp3) is 1.00. The highest BCUT2D eigenvalue weighted by atomic mass is 79.9. The van der Waals surface area contributed by atoms with E-state index in [1.165, 1.54) is 0 Å². The van der Waals surface area contributed by atoms with Gasteiger partial charge in [-0.1, -0.05) is 31.9 Å². The maximum Gasteiger partial charge on any atom is 0.0836 e. The van der Waals surface area contributed by atoms with Gasteiger partial charge >= 0.3 is 0 Å². The Morgan fingerprint density at radius 1 is 0.278 bits per heavy atom. The SMILES string of the molecule is COC1CC2C3NC4NC(NC5NC(NC6NC(NC(N3)C2CC1OC)C1CC(OC)C(OC)CC61)C1CC(OC)C(OC)CC51)C1CC(Br)C(Br)CC41. The average molecular weight is 891 g/mol. The van der Waals surface area contributed by atoms with Crippen LogP contribution in [0, 0.1) is 47.3 Å². The summed E-state index contributed by atoms with van der Waals surface area (Å²) in [6, 6.07) is 0. The molecule has 8 N–H and O–H groups in total. The lowest BCUT2D eigenvalue weighted by atomic mass is 9.74. The molecular weight excluding hydrogens is 824 g/mol. The smallest absolute Gasteiger partial charge is 0.0836 e. The first-order valence-electron chi connectivity index (χ1n) is 20.8. The summed E-state index contributed by atoms with van der Waals surface area (Å²) in [4.78, 5) is 0.860. The van der Waals surface area contributed by atoms with Crippen molar-refractivity contribution in [3.63, 3.8) is 0 Å². The van der Waals surface area contributed by atoms with Gasteiger partial charge in [0, 0.05) is 52.3 Å². The van der Waals surface area contributed by atoms with Crippen LogP contribution in [0.5, 0.6) is 0 Å². The molecule has 24 unspecified atom stereocenters. The molecule has 0 amide bonds. The number of alkyl halides is 2. The number of rotatable bonds is 6. The van der Waals surface area contributed by atoms with E-state index in [0.717, 1.165) is 51.4 Å². The van der Waals surface area contributed by atoms with Crippen LogP contribution in [0.15, 0.2) is 0 Å². The highest BCUT2D eigenvalue weighted by Gasteiger charge is 2.58. The molecule has 0 aromatic rings. The molecule has 9 aliphatic rings. The minimum Gasteiger partial charge on any atom is -0.379 e. The molecule has 5 heterocycles. The third kappa shape index (κ3) is 7.02. The lowest BCUT2D eigenvalue weighted by Crippen LogP contribution is -2.61. The monoisotopic (exact) mass is 888 g/mol. The van der Waals surface area contributed by atoms with Crippen LogP contribution in [0.1, 0.15) is 51.4 Å². The molecule has 14 nitrogen and oxygen atoms in total. The van der Waals surface area contributed by atoms with Crippen molar-refractivity contribution in [1.82, 2.24) is 42.5 Å². The largest absolute Gasteiger partial charge is 0.379 e. The molecule has 5 aliphatic heterocycles. The first kappa shape index (κ1) is 39.8. The van der Waals surface area contributed by atoms with Gasteiger partial charge in [-0.25, -0.2) is 0 Å². The summed E-state index contributed by atoms with van der Waals surface area (Å²) < 4.78 is 36.6. The molecule has 0 aromatic carbocycles. The second-order valence-electron chi connectivity index (χ2n) is 18.0. The number of fused-ring (bicyclic) bond motifs is 20. The van der Waals surface area contributed by atoms with Crippen LogP contribution in [-0.4, -0.2) is 138 Å². The number of nitrogens with one attached hydrogen (secondary N) is 8. The van der Waals surface area contributed by atoms with Crippen molar-refractivity contribution in [3.05, 3.63) is 0 Å². The zero-order chi connectivity index (χ0) is 37.4. The Bertz CT molecular complexity index is 1210. The van der Waals surface area contributed by atoms with Gasteiger partial charge in [-0.05, 0) is 98.7 Å². The van der Waals surface area contributed by atoms with Crippen molar-refractivity contribution >= 4 is 31.9 Å². The summed E-state index contributed by atoms with van der Waals surface area (Å²) in [5, 5.41) is 33.5. The first-order chi connectivity index (χ1) is 26.2. The Morgan fingerprint density at radius 2 is 0.426 bits per heavy atom. The molecule has 24 atom stereocenters. The summed E-state index contributed by atoms with van der Waals surface area (Å²) in [6.07, 6.45) is 9.20. The van der Waals surface area contributed by atoms with Crippen LogP contribution < -0.4 is 42.5 Å². The van der Waals surface area contributed by atoms with E-state index in [1.807, 2.05) is 42.7 Å². The third-order valence-corrected chi connectivity index (χ3v) is 18.7. The number of ether oxygens (including phenoxy) is 6. The molecule has 308 valence electrons. The van der Waals surface area contributed by atoms with Gasteiger partial charge in [-0.15, -0.1) is 0 Å². The van der Waals surface area contributed by atoms with Gasteiger partial charge in [0.25, 0.3) is 0 Å². The quantitative estimate of drug-likeness (QED) is 0.180. The standard InChI is InChI=1S/C38H66Br2N8O6/c1-49-25-9-17-19(11-27(25)51-3)35-44-33(17)42-31-15-7-23(39)24(40)8-16(15)32(41-31)43-34-18-10-26(50-2)28(52-4)12-20(18)36(45-34)47-38-22-14-30(54-6)29(53-5)13-21(22)37(46-35)48-38/h15-38,41-48H,7-14H2,1-6H3. The third-order valence-electron chi connectivity index (χ3n) is 16.0. The van der Waals surface area contributed by atoms with E-state index in [-0.39, 0.29) is 86.0 Å². The Kier molecular flexibility index (Phi) is 12.1. The summed E-state index contributed by atoms with van der Waals surface area (Å²) in [5.41, 5.74) is 0. The topological polar surface area (TPSA) is 152 Å². The molecule has 9 rings (SSSR count). The summed E-state index contributed by atoms with van der Waals surface area (Å²) in [7, 11) is 11.0. The minimum atomic E-state index is 0.0562.